The molecule has 90 valence electrons. The normalized spacial score (nSPS) is 11.5. The van der Waals surface area contributed by atoms with Crippen LogP contribution in [0.1, 0.15) is 19.5 Å². The van der Waals surface area contributed by atoms with Gasteiger partial charge in [-0.25, -0.2) is 0 Å². The van der Waals surface area contributed by atoms with Crippen molar-refractivity contribution < 1.29 is 9.90 Å². The fourth-order valence-electron chi connectivity index (χ4n) is 1.20. The number of aryl methyl sites for hydroxylation is 1. The SMILES string of the molecule is Cc1csc(=O)n1CC(=O)NC(C)(C)CO. The Labute approximate surface area is 97.7 Å². The minimum absolute atomic E-state index is 0.00238. The quantitative estimate of drug-likeness (QED) is 0.789. The first-order valence-corrected chi connectivity index (χ1v) is 5.80. The van der Waals surface area contributed by atoms with E-state index in [1.807, 2.05) is 0 Å². The van der Waals surface area contributed by atoms with E-state index in [1.165, 1.54) is 4.57 Å². The van der Waals surface area contributed by atoms with Crippen molar-refractivity contribution in [2.75, 3.05) is 6.61 Å². The van der Waals surface area contributed by atoms with Gasteiger partial charge in [0.05, 0.1) is 12.1 Å². The Bertz CT molecular complexity index is 434. The summed E-state index contributed by atoms with van der Waals surface area (Å²) in [5.74, 6) is -0.275. The molecular formula is C10H16N2O3S. The molecule has 0 aliphatic rings. The number of aromatic nitrogens is 1. The molecule has 0 aliphatic carbocycles. The van der Waals surface area contributed by atoms with Gasteiger partial charge < -0.3 is 10.4 Å². The number of hydrogen-bond acceptors (Lipinski definition) is 4. The highest BCUT2D eigenvalue weighted by Crippen LogP contribution is 2.02. The number of aliphatic hydroxyl groups is 1. The van der Waals surface area contributed by atoms with E-state index in [2.05, 4.69) is 5.32 Å². The van der Waals surface area contributed by atoms with E-state index in [-0.39, 0.29) is 23.9 Å². The van der Waals surface area contributed by atoms with Crippen molar-refractivity contribution >= 4 is 17.2 Å². The number of carbonyl (C=O) groups is 1. The number of rotatable bonds is 4. The molecule has 6 heteroatoms. The van der Waals surface area contributed by atoms with Crippen LogP contribution >= 0.6 is 11.3 Å². The van der Waals surface area contributed by atoms with Gasteiger partial charge in [-0.15, -0.1) is 0 Å². The third-order valence-corrected chi connectivity index (χ3v) is 3.03. The van der Waals surface area contributed by atoms with Crippen molar-refractivity contribution in [1.82, 2.24) is 9.88 Å². The van der Waals surface area contributed by atoms with Gasteiger partial charge in [-0.3, -0.25) is 14.2 Å². The van der Waals surface area contributed by atoms with Crippen LogP contribution in [-0.2, 0) is 11.3 Å². The maximum atomic E-state index is 11.6. The lowest BCUT2D eigenvalue weighted by molar-refractivity contribution is -0.123. The summed E-state index contributed by atoms with van der Waals surface area (Å²) in [5.41, 5.74) is 0.108. The topological polar surface area (TPSA) is 71.3 Å². The molecule has 1 heterocycles. The molecule has 5 nitrogen and oxygen atoms in total. The molecule has 2 N–H and O–H groups in total. The summed E-state index contributed by atoms with van der Waals surface area (Å²) in [4.78, 5) is 22.8. The first-order valence-electron chi connectivity index (χ1n) is 4.92. The average molecular weight is 244 g/mol. The van der Waals surface area contributed by atoms with E-state index in [4.69, 9.17) is 5.11 Å². The van der Waals surface area contributed by atoms with Gasteiger partial charge in [0.25, 0.3) is 0 Å². The number of nitrogens with zero attached hydrogens (tertiary/aromatic N) is 1. The summed E-state index contributed by atoms with van der Waals surface area (Å²) in [5, 5.41) is 13.4. The lowest BCUT2D eigenvalue weighted by Crippen LogP contribution is -2.48. The number of nitrogens with one attached hydrogen (secondary N) is 1. The Morgan fingerprint density at radius 2 is 2.25 bits per heavy atom. The number of aliphatic hydroxyl groups excluding tert-OH is 1. The molecule has 0 fully saturated rings. The summed E-state index contributed by atoms with van der Waals surface area (Å²) < 4.78 is 1.41. The molecule has 0 unspecified atom stereocenters. The Kier molecular flexibility index (Phi) is 3.88. The molecule has 1 aromatic heterocycles. The minimum atomic E-state index is -0.662. The maximum absolute atomic E-state index is 11.6. The van der Waals surface area contributed by atoms with Crippen molar-refractivity contribution in [2.45, 2.75) is 32.9 Å². The summed E-state index contributed by atoms with van der Waals surface area (Å²) in [6, 6.07) is 0. The third kappa shape index (κ3) is 3.18. The van der Waals surface area contributed by atoms with E-state index in [9.17, 15) is 9.59 Å². The smallest absolute Gasteiger partial charge is 0.307 e. The fourth-order valence-corrected chi connectivity index (χ4v) is 1.93. The Balaban J connectivity index is 2.69. The Hall–Kier alpha value is -1.14. The average Bonchev–Trinajstić information content (AvgIpc) is 2.49. The standard InChI is InChI=1S/C10H16N2O3S/c1-7-5-16-9(15)12(7)4-8(14)11-10(2,3)6-13/h5,13H,4,6H2,1-3H3,(H,11,14). The lowest BCUT2D eigenvalue weighted by atomic mass is 10.1. The van der Waals surface area contributed by atoms with Crippen LogP contribution < -0.4 is 10.2 Å². The second-order valence-electron chi connectivity index (χ2n) is 4.32. The van der Waals surface area contributed by atoms with Crippen LogP contribution in [0.25, 0.3) is 0 Å². The molecule has 1 rings (SSSR count). The molecule has 1 aromatic rings. The van der Waals surface area contributed by atoms with Gasteiger partial charge in [0.1, 0.15) is 6.54 Å². The van der Waals surface area contributed by atoms with Crippen LogP contribution in [0.3, 0.4) is 0 Å². The molecule has 0 aromatic carbocycles. The molecule has 0 saturated carbocycles. The van der Waals surface area contributed by atoms with Gasteiger partial charge in [0, 0.05) is 11.1 Å². The highest BCUT2D eigenvalue weighted by atomic mass is 32.1. The van der Waals surface area contributed by atoms with Crippen molar-refractivity contribution in [3.8, 4) is 0 Å². The monoisotopic (exact) mass is 244 g/mol. The summed E-state index contributed by atoms with van der Waals surface area (Å²) in [6.07, 6.45) is 0. The van der Waals surface area contributed by atoms with Gasteiger partial charge in [0.15, 0.2) is 0 Å². The second kappa shape index (κ2) is 4.80. The summed E-state index contributed by atoms with van der Waals surface area (Å²) in [7, 11) is 0. The molecule has 0 bridgehead atoms. The van der Waals surface area contributed by atoms with Crippen LogP contribution in [0.15, 0.2) is 10.2 Å². The summed E-state index contributed by atoms with van der Waals surface area (Å²) in [6.45, 7) is 5.07. The zero-order valence-corrected chi connectivity index (χ0v) is 10.4. The minimum Gasteiger partial charge on any atom is -0.394 e. The van der Waals surface area contributed by atoms with E-state index < -0.39 is 5.54 Å². The molecule has 1 amide bonds. The molecule has 0 spiro atoms. The molecule has 16 heavy (non-hydrogen) atoms. The molecular weight excluding hydrogens is 228 g/mol. The number of thiazole rings is 1. The zero-order valence-electron chi connectivity index (χ0n) is 9.61. The van der Waals surface area contributed by atoms with E-state index in [0.29, 0.717) is 0 Å². The van der Waals surface area contributed by atoms with Crippen LogP contribution in [0.4, 0.5) is 0 Å². The van der Waals surface area contributed by atoms with Gasteiger partial charge in [-0.05, 0) is 20.8 Å². The number of hydrogen-bond donors (Lipinski definition) is 2. The fraction of sp³-hybridized carbons (Fsp3) is 0.600. The van der Waals surface area contributed by atoms with Crippen LogP contribution in [0, 0.1) is 6.92 Å². The predicted molar refractivity (Wildman–Crippen MR) is 62.6 cm³/mol. The molecule has 0 aliphatic heterocycles. The van der Waals surface area contributed by atoms with Gasteiger partial charge in [-0.1, -0.05) is 11.3 Å². The third-order valence-electron chi connectivity index (χ3n) is 2.15. The Morgan fingerprint density at radius 1 is 1.62 bits per heavy atom. The molecule has 0 saturated heterocycles. The first-order chi connectivity index (χ1) is 7.35. The lowest BCUT2D eigenvalue weighted by Gasteiger charge is -2.23. The van der Waals surface area contributed by atoms with Crippen molar-refractivity contribution in [3.63, 3.8) is 0 Å². The van der Waals surface area contributed by atoms with Crippen LogP contribution in [0.2, 0.25) is 0 Å². The van der Waals surface area contributed by atoms with Crippen molar-refractivity contribution in [1.29, 1.82) is 0 Å². The molecule has 0 radical (unpaired) electrons. The number of carbonyl (C=O) groups excluding carboxylic acids is 1. The largest absolute Gasteiger partial charge is 0.394 e. The van der Waals surface area contributed by atoms with E-state index in [1.54, 1.807) is 26.2 Å². The first kappa shape index (κ1) is 12.9. The van der Waals surface area contributed by atoms with E-state index >= 15 is 0 Å². The number of amides is 1. The highest BCUT2D eigenvalue weighted by molar-refractivity contribution is 7.07. The van der Waals surface area contributed by atoms with Gasteiger partial charge in [-0.2, -0.15) is 0 Å². The van der Waals surface area contributed by atoms with Gasteiger partial charge >= 0.3 is 4.87 Å². The predicted octanol–water partition coefficient (Wildman–Crippen LogP) is 0.105. The van der Waals surface area contributed by atoms with Crippen LogP contribution in [-0.4, -0.2) is 27.7 Å². The van der Waals surface area contributed by atoms with Crippen molar-refractivity contribution in [2.24, 2.45) is 0 Å². The zero-order chi connectivity index (χ0) is 12.3. The van der Waals surface area contributed by atoms with Gasteiger partial charge in [0.2, 0.25) is 5.91 Å². The second-order valence-corrected chi connectivity index (χ2v) is 5.14. The van der Waals surface area contributed by atoms with Crippen LogP contribution in [0.5, 0.6) is 0 Å². The molecule has 0 atom stereocenters. The van der Waals surface area contributed by atoms with Crippen molar-refractivity contribution in [3.05, 3.63) is 20.7 Å². The highest BCUT2D eigenvalue weighted by Gasteiger charge is 2.19. The summed E-state index contributed by atoms with van der Waals surface area (Å²) >= 11 is 1.07. The Morgan fingerprint density at radius 3 is 2.69 bits per heavy atom. The maximum Gasteiger partial charge on any atom is 0.307 e. The van der Waals surface area contributed by atoms with E-state index in [0.717, 1.165) is 17.0 Å².